The number of thiazole rings is 1. The summed E-state index contributed by atoms with van der Waals surface area (Å²) in [7, 11) is 1.60. The zero-order valence-electron chi connectivity index (χ0n) is 15.6. The van der Waals surface area contributed by atoms with Gasteiger partial charge in [0.1, 0.15) is 5.56 Å². The third kappa shape index (κ3) is 3.99. The first-order chi connectivity index (χ1) is 13.3. The molecule has 1 amide bonds. The van der Waals surface area contributed by atoms with E-state index in [-0.39, 0.29) is 16.3 Å². The quantitative estimate of drug-likeness (QED) is 0.456. The molecule has 0 N–H and O–H groups in total. The van der Waals surface area contributed by atoms with E-state index in [1.165, 1.54) is 29.5 Å². The fraction of sp³-hybridized carbons (Fsp3) is 0.263. The second kappa shape index (κ2) is 8.22. The van der Waals surface area contributed by atoms with Crippen LogP contribution in [0.2, 0.25) is 5.02 Å². The second-order valence-corrected chi connectivity index (χ2v) is 7.74. The van der Waals surface area contributed by atoms with E-state index in [2.05, 4.69) is 11.1 Å². The number of carbonyl (C=O) groups is 1. The average Bonchev–Trinajstić information content (AvgIpc) is 2.96. The van der Waals surface area contributed by atoms with Crippen LogP contribution in [-0.2, 0) is 11.3 Å². The molecule has 0 atom stereocenters. The number of rotatable bonds is 5. The van der Waals surface area contributed by atoms with Gasteiger partial charge in [-0.25, -0.2) is 0 Å². The third-order valence-corrected chi connectivity index (χ3v) is 5.47. The summed E-state index contributed by atoms with van der Waals surface area (Å²) in [5.41, 5.74) is 2.68. The molecule has 0 unspecified atom stereocenters. The topological polar surface area (TPSA) is 86.7 Å². The van der Waals surface area contributed by atoms with E-state index in [0.717, 1.165) is 21.3 Å². The zero-order valence-corrected chi connectivity index (χ0v) is 17.1. The number of hydrogen-bond donors (Lipinski definition) is 0. The van der Waals surface area contributed by atoms with Crippen molar-refractivity contribution in [3.63, 3.8) is 0 Å². The molecule has 3 aromatic rings. The number of carbonyl (C=O) groups excluding carboxylic acids is 1. The highest BCUT2D eigenvalue weighted by atomic mass is 35.5. The predicted molar refractivity (Wildman–Crippen MR) is 109 cm³/mol. The lowest BCUT2D eigenvalue weighted by Gasteiger charge is -2.07. The Hall–Kier alpha value is -2.55. The summed E-state index contributed by atoms with van der Waals surface area (Å²) in [6, 6.07) is 7.95. The van der Waals surface area contributed by atoms with Crippen LogP contribution in [0, 0.1) is 24.0 Å². The number of nitro benzene ring substituents is 1. The number of methoxy groups -OCH3 is 1. The minimum atomic E-state index is -0.707. The molecule has 0 spiro atoms. The monoisotopic (exact) mass is 419 g/mol. The fourth-order valence-corrected chi connectivity index (χ4v) is 4.46. The van der Waals surface area contributed by atoms with E-state index in [0.29, 0.717) is 18.0 Å². The standard InChI is InChI=1S/C19H18ClN3O4S/c1-11-8-12(2)17-16(9-11)28-19(22(17)6-7-27-3)21-18(24)14-10-13(20)4-5-15(14)23(25)26/h4-5,8-10H,6-7H2,1-3H3. The van der Waals surface area contributed by atoms with Gasteiger partial charge in [-0.15, -0.1) is 0 Å². The number of amides is 1. The number of halogens is 1. The number of benzene rings is 2. The molecule has 28 heavy (non-hydrogen) atoms. The normalized spacial score (nSPS) is 11.9. The molecule has 0 fully saturated rings. The van der Waals surface area contributed by atoms with Crippen LogP contribution in [0.4, 0.5) is 5.69 Å². The maximum absolute atomic E-state index is 12.8. The minimum Gasteiger partial charge on any atom is -0.383 e. The van der Waals surface area contributed by atoms with E-state index in [1.54, 1.807) is 7.11 Å². The van der Waals surface area contributed by atoms with Gasteiger partial charge in [-0.1, -0.05) is 29.0 Å². The van der Waals surface area contributed by atoms with E-state index in [1.807, 2.05) is 24.5 Å². The van der Waals surface area contributed by atoms with Gasteiger partial charge in [0.2, 0.25) is 0 Å². The van der Waals surface area contributed by atoms with Gasteiger partial charge in [0, 0.05) is 24.7 Å². The van der Waals surface area contributed by atoms with Gasteiger partial charge in [-0.3, -0.25) is 14.9 Å². The molecule has 0 saturated carbocycles. The van der Waals surface area contributed by atoms with Gasteiger partial charge < -0.3 is 9.30 Å². The van der Waals surface area contributed by atoms with Gasteiger partial charge in [0.15, 0.2) is 4.80 Å². The van der Waals surface area contributed by atoms with Crippen LogP contribution in [0.3, 0.4) is 0 Å². The third-order valence-electron chi connectivity index (χ3n) is 4.21. The van der Waals surface area contributed by atoms with Crippen LogP contribution in [0.15, 0.2) is 35.3 Å². The van der Waals surface area contributed by atoms with Crippen LogP contribution in [-0.4, -0.2) is 29.1 Å². The molecular weight excluding hydrogens is 402 g/mol. The molecule has 0 aliphatic heterocycles. The van der Waals surface area contributed by atoms with E-state index in [4.69, 9.17) is 16.3 Å². The molecule has 146 valence electrons. The molecule has 0 saturated heterocycles. The summed E-state index contributed by atoms with van der Waals surface area (Å²) in [4.78, 5) is 28.1. The minimum absolute atomic E-state index is 0.138. The maximum Gasteiger partial charge on any atom is 0.286 e. The molecule has 0 aliphatic rings. The lowest BCUT2D eigenvalue weighted by atomic mass is 10.1. The van der Waals surface area contributed by atoms with E-state index in [9.17, 15) is 14.9 Å². The largest absolute Gasteiger partial charge is 0.383 e. The van der Waals surface area contributed by atoms with Gasteiger partial charge in [-0.2, -0.15) is 4.99 Å². The highest BCUT2D eigenvalue weighted by Gasteiger charge is 2.21. The van der Waals surface area contributed by atoms with Crippen molar-refractivity contribution in [1.29, 1.82) is 0 Å². The summed E-state index contributed by atoms with van der Waals surface area (Å²) >= 11 is 7.30. The Labute approximate surface area is 170 Å². The number of aromatic nitrogens is 1. The van der Waals surface area contributed by atoms with Crippen molar-refractivity contribution < 1.29 is 14.5 Å². The van der Waals surface area contributed by atoms with Crippen molar-refractivity contribution in [1.82, 2.24) is 4.57 Å². The number of hydrogen-bond acceptors (Lipinski definition) is 5. The number of fused-ring (bicyclic) bond motifs is 1. The number of aryl methyl sites for hydroxylation is 2. The number of ether oxygens (including phenoxy) is 1. The van der Waals surface area contributed by atoms with Gasteiger partial charge in [0.05, 0.1) is 21.7 Å². The SMILES string of the molecule is COCCn1c(=NC(=O)c2cc(Cl)ccc2[N+](=O)[O-])sc2cc(C)cc(C)c21. The lowest BCUT2D eigenvalue weighted by Crippen LogP contribution is -2.20. The van der Waals surface area contributed by atoms with Crippen molar-refractivity contribution >= 4 is 44.7 Å². The van der Waals surface area contributed by atoms with Crippen molar-refractivity contribution in [2.75, 3.05) is 13.7 Å². The van der Waals surface area contributed by atoms with E-state index >= 15 is 0 Å². The summed E-state index contributed by atoms with van der Waals surface area (Å²) in [6.45, 7) is 4.95. The number of nitro groups is 1. The number of nitrogens with zero attached hydrogens (tertiary/aromatic N) is 3. The smallest absolute Gasteiger partial charge is 0.286 e. The molecule has 0 aliphatic carbocycles. The molecule has 1 aromatic heterocycles. The molecule has 7 nitrogen and oxygen atoms in total. The summed E-state index contributed by atoms with van der Waals surface area (Å²) in [5, 5.41) is 11.5. The highest BCUT2D eigenvalue weighted by molar-refractivity contribution is 7.16. The van der Waals surface area contributed by atoms with E-state index < -0.39 is 10.8 Å². The summed E-state index contributed by atoms with van der Waals surface area (Å²) in [5.74, 6) is -0.707. The summed E-state index contributed by atoms with van der Waals surface area (Å²) < 4.78 is 8.09. The lowest BCUT2D eigenvalue weighted by molar-refractivity contribution is -0.385. The van der Waals surface area contributed by atoms with Crippen LogP contribution in [0.25, 0.3) is 10.2 Å². The first-order valence-electron chi connectivity index (χ1n) is 8.44. The van der Waals surface area contributed by atoms with Crippen molar-refractivity contribution in [2.45, 2.75) is 20.4 Å². The first kappa shape index (κ1) is 20.2. The summed E-state index contributed by atoms with van der Waals surface area (Å²) in [6.07, 6.45) is 0. The Morgan fingerprint density at radius 1 is 1.32 bits per heavy atom. The van der Waals surface area contributed by atoms with Crippen LogP contribution < -0.4 is 4.80 Å². The van der Waals surface area contributed by atoms with Crippen molar-refractivity contribution in [3.8, 4) is 0 Å². The molecule has 3 rings (SSSR count). The fourth-order valence-electron chi connectivity index (χ4n) is 3.05. The van der Waals surface area contributed by atoms with Crippen molar-refractivity contribution in [2.24, 2.45) is 4.99 Å². The Bertz CT molecular complexity index is 1150. The Balaban J connectivity index is 2.21. The Kier molecular flexibility index (Phi) is 5.93. The average molecular weight is 420 g/mol. The van der Waals surface area contributed by atoms with Gasteiger partial charge in [0.25, 0.3) is 11.6 Å². The van der Waals surface area contributed by atoms with Gasteiger partial charge >= 0.3 is 0 Å². The van der Waals surface area contributed by atoms with Crippen LogP contribution >= 0.6 is 22.9 Å². The molecular formula is C19H18ClN3O4S. The highest BCUT2D eigenvalue weighted by Crippen LogP contribution is 2.25. The molecule has 1 heterocycles. The Morgan fingerprint density at radius 3 is 2.75 bits per heavy atom. The molecule has 0 bridgehead atoms. The Morgan fingerprint density at radius 2 is 2.07 bits per heavy atom. The van der Waals surface area contributed by atoms with Gasteiger partial charge in [-0.05, 0) is 43.2 Å². The maximum atomic E-state index is 12.8. The molecule has 0 radical (unpaired) electrons. The van der Waals surface area contributed by atoms with Crippen molar-refractivity contribution in [3.05, 3.63) is 67.0 Å². The van der Waals surface area contributed by atoms with Crippen LogP contribution in [0.1, 0.15) is 21.5 Å². The predicted octanol–water partition coefficient (Wildman–Crippen LogP) is 4.27. The zero-order chi connectivity index (χ0) is 20.4. The molecule has 2 aromatic carbocycles. The molecule has 9 heteroatoms. The second-order valence-electron chi connectivity index (χ2n) is 6.29. The first-order valence-corrected chi connectivity index (χ1v) is 9.63. The van der Waals surface area contributed by atoms with Crippen LogP contribution in [0.5, 0.6) is 0 Å².